The minimum Gasteiger partial charge on any atom is -0.493 e. The first-order valence-electron chi connectivity index (χ1n) is 8.62. The van der Waals surface area contributed by atoms with Gasteiger partial charge in [-0.05, 0) is 24.9 Å². The molecule has 2 aromatic carbocycles. The van der Waals surface area contributed by atoms with Crippen molar-refractivity contribution in [1.29, 1.82) is 0 Å². The minimum atomic E-state index is 0.661. The molecule has 0 fully saturated rings. The third kappa shape index (κ3) is 3.77. The van der Waals surface area contributed by atoms with E-state index in [9.17, 15) is 0 Å². The Morgan fingerprint density at radius 1 is 1.00 bits per heavy atom. The van der Waals surface area contributed by atoms with Crippen LogP contribution in [0.15, 0.2) is 42.5 Å². The highest BCUT2D eigenvalue weighted by molar-refractivity contribution is 5.80. The summed E-state index contributed by atoms with van der Waals surface area (Å²) in [6.45, 7) is 1.53. The summed E-state index contributed by atoms with van der Waals surface area (Å²) in [4.78, 5) is 4.82. The fraction of sp³-hybridized carbons (Fsp3) is 0.350. The lowest BCUT2D eigenvalue weighted by Gasteiger charge is -2.11. The second kappa shape index (κ2) is 8.03. The van der Waals surface area contributed by atoms with Crippen molar-refractivity contribution >= 4 is 11.0 Å². The van der Waals surface area contributed by atoms with Crippen LogP contribution in [0, 0.1) is 0 Å². The summed E-state index contributed by atoms with van der Waals surface area (Å²) in [6, 6.07) is 14.5. The van der Waals surface area contributed by atoms with Gasteiger partial charge in [0.25, 0.3) is 0 Å². The maximum Gasteiger partial charge on any atom is 0.163 e. The van der Waals surface area contributed by atoms with E-state index >= 15 is 0 Å². The van der Waals surface area contributed by atoms with Crippen molar-refractivity contribution in [1.82, 2.24) is 9.55 Å². The highest BCUT2D eigenvalue weighted by atomic mass is 16.5. The summed E-state index contributed by atoms with van der Waals surface area (Å²) in [7, 11) is 3.30. The van der Waals surface area contributed by atoms with Crippen molar-refractivity contribution in [3.63, 3.8) is 0 Å². The molecule has 1 aromatic heterocycles. The van der Waals surface area contributed by atoms with Crippen molar-refractivity contribution < 1.29 is 9.47 Å². The van der Waals surface area contributed by atoms with Gasteiger partial charge in [-0.2, -0.15) is 0 Å². The Bertz CT molecular complexity index is 828. The molecule has 132 valence electrons. The van der Waals surface area contributed by atoms with E-state index in [-0.39, 0.29) is 0 Å². The van der Waals surface area contributed by atoms with Crippen LogP contribution in [-0.4, -0.2) is 30.3 Å². The highest BCUT2D eigenvalue weighted by Gasteiger charge is 2.15. The number of aryl methyl sites for hydroxylation is 3. The fourth-order valence-electron chi connectivity index (χ4n) is 3.09. The largest absolute Gasteiger partial charge is 0.493 e. The smallest absolute Gasteiger partial charge is 0.163 e. The molecule has 0 saturated heterocycles. The van der Waals surface area contributed by atoms with Crippen molar-refractivity contribution in [2.45, 2.75) is 25.8 Å². The number of imidazole rings is 1. The summed E-state index contributed by atoms with van der Waals surface area (Å²) in [6.07, 6.45) is 2.74. The topological polar surface area (TPSA) is 62.3 Å². The van der Waals surface area contributed by atoms with E-state index in [1.807, 2.05) is 18.2 Å². The molecular formula is C20H25N3O2. The molecule has 0 amide bonds. The van der Waals surface area contributed by atoms with Gasteiger partial charge < -0.3 is 19.8 Å². The molecule has 5 heteroatoms. The van der Waals surface area contributed by atoms with Gasteiger partial charge in [-0.3, -0.25) is 0 Å². The van der Waals surface area contributed by atoms with Crippen LogP contribution in [0.4, 0.5) is 0 Å². The zero-order valence-corrected chi connectivity index (χ0v) is 14.9. The van der Waals surface area contributed by atoms with E-state index < -0.39 is 0 Å². The molecule has 25 heavy (non-hydrogen) atoms. The van der Waals surface area contributed by atoms with Gasteiger partial charge in [0, 0.05) is 25.1 Å². The van der Waals surface area contributed by atoms with Crippen LogP contribution in [0.5, 0.6) is 11.5 Å². The zero-order chi connectivity index (χ0) is 17.6. The first-order valence-corrected chi connectivity index (χ1v) is 8.62. The average Bonchev–Trinajstić information content (AvgIpc) is 3.00. The Balaban J connectivity index is 1.99. The molecule has 0 aliphatic carbocycles. The second-order valence-corrected chi connectivity index (χ2v) is 6.00. The van der Waals surface area contributed by atoms with Crippen LogP contribution >= 0.6 is 0 Å². The Morgan fingerprint density at radius 2 is 1.72 bits per heavy atom. The number of rotatable bonds is 8. The predicted molar refractivity (Wildman–Crippen MR) is 100 cm³/mol. The number of nitrogens with two attached hydrogens (primary N) is 1. The second-order valence-electron chi connectivity index (χ2n) is 6.00. The summed E-state index contributed by atoms with van der Waals surface area (Å²) in [5.41, 5.74) is 9.01. The van der Waals surface area contributed by atoms with Gasteiger partial charge in [-0.25, -0.2) is 4.98 Å². The van der Waals surface area contributed by atoms with Crippen molar-refractivity contribution in [3.05, 3.63) is 53.9 Å². The van der Waals surface area contributed by atoms with Crippen molar-refractivity contribution in [2.24, 2.45) is 5.73 Å². The maximum atomic E-state index is 5.70. The normalized spacial score (nSPS) is 11.0. The van der Waals surface area contributed by atoms with Crippen molar-refractivity contribution in [3.8, 4) is 11.5 Å². The van der Waals surface area contributed by atoms with Crippen LogP contribution in [0.3, 0.4) is 0 Å². The van der Waals surface area contributed by atoms with Gasteiger partial charge in [0.15, 0.2) is 11.5 Å². The number of fused-ring (bicyclic) bond motifs is 1. The molecule has 3 aromatic rings. The molecular weight excluding hydrogens is 314 g/mol. The molecule has 1 heterocycles. The molecule has 2 N–H and O–H groups in total. The van der Waals surface area contributed by atoms with Crippen LogP contribution < -0.4 is 15.2 Å². The number of nitrogens with zero attached hydrogens (tertiary/aromatic N) is 2. The molecule has 0 aliphatic rings. The highest BCUT2D eigenvalue weighted by Crippen LogP contribution is 2.32. The molecule has 0 saturated carbocycles. The van der Waals surface area contributed by atoms with Gasteiger partial charge in [0.2, 0.25) is 0 Å². The third-order valence-electron chi connectivity index (χ3n) is 4.40. The van der Waals surface area contributed by atoms with Crippen LogP contribution in [0.2, 0.25) is 0 Å². The zero-order valence-electron chi connectivity index (χ0n) is 14.9. The maximum absolute atomic E-state index is 5.70. The standard InChI is InChI=1S/C20H25N3O2/c1-24-18-13-16-17(14-19(18)25-2)23(20(22-16)9-6-11-21)12-10-15-7-4-3-5-8-15/h3-5,7-8,13-14H,6,9-12,21H2,1-2H3. The van der Waals surface area contributed by atoms with E-state index in [1.54, 1.807) is 14.2 Å². The van der Waals surface area contributed by atoms with E-state index in [0.29, 0.717) is 12.3 Å². The summed E-state index contributed by atoms with van der Waals surface area (Å²) in [5.74, 6) is 2.49. The third-order valence-corrected chi connectivity index (χ3v) is 4.40. The molecule has 0 radical (unpaired) electrons. The summed E-state index contributed by atoms with van der Waals surface area (Å²) >= 11 is 0. The quantitative estimate of drug-likeness (QED) is 0.685. The van der Waals surface area contributed by atoms with E-state index in [0.717, 1.165) is 48.4 Å². The van der Waals surface area contributed by atoms with Gasteiger partial charge in [0.05, 0.1) is 25.3 Å². The Kier molecular flexibility index (Phi) is 5.56. The average molecular weight is 339 g/mol. The van der Waals surface area contributed by atoms with Crippen LogP contribution in [0.25, 0.3) is 11.0 Å². The predicted octanol–water partition coefficient (Wildman–Crippen LogP) is 3.19. The van der Waals surface area contributed by atoms with Crippen LogP contribution in [0.1, 0.15) is 17.8 Å². The number of methoxy groups -OCH3 is 2. The van der Waals surface area contributed by atoms with Gasteiger partial charge in [-0.1, -0.05) is 30.3 Å². The Morgan fingerprint density at radius 3 is 2.40 bits per heavy atom. The van der Waals surface area contributed by atoms with E-state index in [4.69, 9.17) is 20.2 Å². The fourth-order valence-corrected chi connectivity index (χ4v) is 3.09. The first-order chi connectivity index (χ1) is 12.3. The van der Waals surface area contributed by atoms with Gasteiger partial charge in [0.1, 0.15) is 5.82 Å². The lowest BCUT2D eigenvalue weighted by Crippen LogP contribution is -2.09. The SMILES string of the molecule is COc1cc2nc(CCCN)n(CCc3ccccc3)c2cc1OC. The first kappa shape index (κ1) is 17.3. The van der Waals surface area contributed by atoms with E-state index in [2.05, 4.69) is 28.8 Å². The Hall–Kier alpha value is -2.53. The van der Waals surface area contributed by atoms with Gasteiger partial charge in [-0.15, -0.1) is 0 Å². The van der Waals surface area contributed by atoms with Crippen LogP contribution in [-0.2, 0) is 19.4 Å². The van der Waals surface area contributed by atoms with Gasteiger partial charge >= 0.3 is 0 Å². The number of aromatic nitrogens is 2. The lowest BCUT2D eigenvalue weighted by molar-refractivity contribution is 0.355. The Labute approximate surface area is 148 Å². The molecule has 0 aliphatic heterocycles. The molecule has 0 spiro atoms. The molecule has 0 bridgehead atoms. The summed E-state index contributed by atoms with van der Waals surface area (Å²) < 4.78 is 13.2. The lowest BCUT2D eigenvalue weighted by atomic mass is 10.1. The number of hydrogen-bond donors (Lipinski definition) is 1. The summed E-state index contributed by atoms with van der Waals surface area (Å²) in [5, 5.41) is 0. The molecule has 0 unspecified atom stereocenters. The van der Waals surface area contributed by atoms with E-state index in [1.165, 1.54) is 5.56 Å². The molecule has 5 nitrogen and oxygen atoms in total. The monoisotopic (exact) mass is 339 g/mol. The molecule has 0 atom stereocenters. The molecule has 3 rings (SSSR count). The minimum absolute atomic E-state index is 0.661. The number of ether oxygens (including phenoxy) is 2. The van der Waals surface area contributed by atoms with Crippen molar-refractivity contribution in [2.75, 3.05) is 20.8 Å². The number of hydrogen-bond acceptors (Lipinski definition) is 4. The number of benzene rings is 2.